The summed E-state index contributed by atoms with van der Waals surface area (Å²) in [6, 6.07) is 0. The molecular formula is C12H16O7. The molecule has 3 N–H and O–H groups in total. The fourth-order valence-corrected chi connectivity index (χ4v) is 2.02. The maximum Gasteiger partial charge on any atom is 0.333 e. The van der Waals surface area contributed by atoms with Crippen molar-refractivity contribution in [3.8, 4) is 0 Å². The van der Waals surface area contributed by atoms with Crippen LogP contribution in [0.25, 0.3) is 0 Å². The molecule has 0 heterocycles. The van der Waals surface area contributed by atoms with Gasteiger partial charge < -0.3 is 20.1 Å². The standard InChI is InChI=1S/C12H16O7/c1-6(13)11(17)4-8(9(15)19-3)5-12(18,7(2)14)10(11)16/h4,10,16-18H,5H2,1-3H3. The van der Waals surface area contributed by atoms with Crippen LogP contribution < -0.4 is 0 Å². The zero-order valence-corrected chi connectivity index (χ0v) is 10.8. The number of aliphatic hydroxyl groups excluding tert-OH is 1. The lowest BCUT2D eigenvalue weighted by atomic mass is 9.70. The number of carbonyl (C=O) groups is 3. The molecule has 0 aromatic carbocycles. The molecular weight excluding hydrogens is 256 g/mol. The minimum absolute atomic E-state index is 0.247. The van der Waals surface area contributed by atoms with Crippen molar-refractivity contribution < 1.29 is 34.4 Å². The average molecular weight is 272 g/mol. The molecule has 0 aliphatic heterocycles. The Kier molecular flexibility index (Phi) is 3.94. The third kappa shape index (κ3) is 2.32. The van der Waals surface area contributed by atoms with Gasteiger partial charge in [0.25, 0.3) is 0 Å². The summed E-state index contributed by atoms with van der Waals surface area (Å²) in [4.78, 5) is 34.4. The van der Waals surface area contributed by atoms with Crippen molar-refractivity contribution in [2.45, 2.75) is 37.6 Å². The molecule has 7 heteroatoms. The molecule has 19 heavy (non-hydrogen) atoms. The minimum atomic E-state index is -2.51. The van der Waals surface area contributed by atoms with Crippen LogP contribution in [-0.4, -0.2) is 57.3 Å². The lowest BCUT2D eigenvalue weighted by molar-refractivity contribution is -0.181. The van der Waals surface area contributed by atoms with Gasteiger partial charge in [-0.15, -0.1) is 0 Å². The van der Waals surface area contributed by atoms with Crippen LogP contribution in [0.2, 0.25) is 0 Å². The van der Waals surface area contributed by atoms with E-state index in [0.717, 1.165) is 27.0 Å². The molecule has 7 nitrogen and oxygen atoms in total. The first kappa shape index (κ1) is 15.5. The molecule has 0 aromatic rings. The van der Waals surface area contributed by atoms with Gasteiger partial charge in [-0.3, -0.25) is 9.59 Å². The number of aliphatic hydroxyl groups is 3. The number of Topliss-reactive ketones (excluding diaryl/α,β-unsaturated/α-hetero) is 2. The SMILES string of the molecule is COC(=O)C1=CC(O)(C(C)=O)C(O)C(O)(C(C)=O)C1. The van der Waals surface area contributed by atoms with Crippen molar-refractivity contribution in [3.63, 3.8) is 0 Å². The van der Waals surface area contributed by atoms with E-state index in [2.05, 4.69) is 4.74 Å². The summed E-state index contributed by atoms with van der Waals surface area (Å²) in [5.41, 5.74) is -5.18. The van der Waals surface area contributed by atoms with Crippen LogP contribution in [0.3, 0.4) is 0 Å². The normalized spacial score (nSPS) is 34.4. The predicted molar refractivity (Wildman–Crippen MR) is 62.0 cm³/mol. The lowest BCUT2D eigenvalue weighted by Gasteiger charge is -2.42. The first-order valence-electron chi connectivity index (χ1n) is 5.54. The number of rotatable bonds is 3. The first-order chi connectivity index (χ1) is 8.59. The molecule has 0 radical (unpaired) electrons. The van der Waals surface area contributed by atoms with Gasteiger partial charge in [-0.05, 0) is 19.9 Å². The van der Waals surface area contributed by atoms with Crippen molar-refractivity contribution in [2.75, 3.05) is 7.11 Å². The number of hydrogen-bond acceptors (Lipinski definition) is 7. The quantitative estimate of drug-likeness (QED) is 0.534. The van der Waals surface area contributed by atoms with Crippen LogP contribution in [0.1, 0.15) is 20.3 Å². The Morgan fingerprint density at radius 3 is 2.16 bits per heavy atom. The average Bonchev–Trinajstić information content (AvgIpc) is 2.33. The minimum Gasteiger partial charge on any atom is -0.466 e. The summed E-state index contributed by atoms with van der Waals surface area (Å²) in [6.07, 6.45) is -1.77. The van der Waals surface area contributed by atoms with Crippen LogP contribution in [0.15, 0.2) is 11.6 Å². The van der Waals surface area contributed by atoms with Crippen molar-refractivity contribution in [2.24, 2.45) is 0 Å². The van der Waals surface area contributed by atoms with Crippen LogP contribution in [0.4, 0.5) is 0 Å². The molecule has 3 atom stereocenters. The van der Waals surface area contributed by atoms with Gasteiger partial charge in [0.05, 0.1) is 7.11 Å². The molecule has 0 saturated heterocycles. The number of esters is 1. The van der Waals surface area contributed by atoms with E-state index in [-0.39, 0.29) is 5.57 Å². The summed E-state index contributed by atoms with van der Waals surface area (Å²) in [5.74, 6) is -2.67. The summed E-state index contributed by atoms with van der Waals surface area (Å²) >= 11 is 0. The van der Waals surface area contributed by atoms with Crippen molar-refractivity contribution in [1.29, 1.82) is 0 Å². The molecule has 0 aromatic heterocycles. The second kappa shape index (κ2) is 4.84. The van der Waals surface area contributed by atoms with Gasteiger partial charge in [0.15, 0.2) is 22.8 Å². The van der Waals surface area contributed by atoms with E-state index in [9.17, 15) is 29.7 Å². The zero-order chi connectivity index (χ0) is 15.0. The zero-order valence-electron chi connectivity index (χ0n) is 10.8. The van der Waals surface area contributed by atoms with Gasteiger partial charge in [-0.2, -0.15) is 0 Å². The number of ketones is 2. The lowest BCUT2D eigenvalue weighted by Crippen LogP contribution is -2.64. The van der Waals surface area contributed by atoms with Crippen LogP contribution in [0, 0.1) is 0 Å². The molecule has 1 aliphatic rings. The number of carbonyl (C=O) groups excluding carboxylic acids is 3. The summed E-state index contributed by atoms with van der Waals surface area (Å²) in [5, 5.41) is 30.2. The highest BCUT2D eigenvalue weighted by Gasteiger charge is 2.57. The number of ether oxygens (including phenoxy) is 1. The number of hydrogen-bond donors (Lipinski definition) is 3. The van der Waals surface area contributed by atoms with E-state index >= 15 is 0 Å². The van der Waals surface area contributed by atoms with E-state index in [0.29, 0.717) is 0 Å². The Hall–Kier alpha value is -1.57. The third-order valence-corrected chi connectivity index (χ3v) is 3.34. The van der Waals surface area contributed by atoms with E-state index in [1.165, 1.54) is 0 Å². The second-order valence-corrected chi connectivity index (χ2v) is 4.60. The maximum absolute atomic E-state index is 11.5. The monoisotopic (exact) mass is 272 g/mol. The van der Waals surface area contributed by atoms with E-state index in [4.69, 9.17) is 0 Å². The Balaban J connectivity index is 3.44. The van der Waals surface area contributed by atoms with Crippen molar-refractivity contribution in [1.82, 2.24) is 0 Å². The Morgan fingerprint density at radius 1 is 1.26 bits per heavy atom. The van der Waals surface area contributed by atoms with Crippen molar-refractivity contribution in [3.05, 3.63) is 11.6 Å². The molecule has 0 spiro atoms. The van der Waals surface area contributed by atoms with Crippen LogP contribution in [0.5, 0.6) is 0 Å². The molecule has 1 aliphatic carbocycles. The molecule has 3 unspecified atom stereocenters. The van der Waals surface area contributed by atoms with Gasteiger partial charge >= 0.3 is 5.97 Å². The third-order valence-electron chi connectivity index (χ3n) is 3.34. The summed E-state index contributed by atoms with van der Waals surface area (Å²) < 4.78 is 4.44. The highest BCUT2D eigenvalue weighted by molar-refractivity contribution is 5.98. The van der Waals surface area contributed by atoms with Crippen LogP contribution >= 0.6 is 0 Å². The van der Waals surface area contributed by atoms with Gasteiger partial charge in [-0.25, -0.2) is 4.79 Å². The second-order valence-electron chi connectivity index (χ2n) is 4.60. The predicted octanol–water partition coefficient (Wildman–Crippen LogP) is -1.51. The van der Waals surface area contributed by atoms with Gasteiger partial charge in [-0.1, -0.05) is 0 Å². The fourth-order valence-electron chi connectivity index (χ4n) is 2.02. The molecule has 106 valence electrons. The van der Waals surface area contributed by atoms with Gasteiger partial charge in [0.2, 0.25) is 0 Å². The first-order valence-corrected chi connectivity index (χ1v) is 5.54. The Labute approximate surface area is 109 Å². The molecule has 0 saturated carbocycles. The Bertz CT molecular complexity index is 467. The topological polar surface area (TPSA) is 121 Å². The van der Waals surface area contributed by atoms with Gasteiger partial charge in [0, 0.05) is 12.0 Å². The molecule has 1 rings (SSSR count). The number of methoxy groups -OCH3 is 1. The Morgan fingerprint density at radius 2 is 1.79 bits per heavy atom. The molecule has 0 amide bonds. The largest absolute Gasteiger partial charge is 0.466 e. The van der Waals surface area contributed by atoms with Crippen LogP contribution in [-0.2, 0) is 19.1 Å². The van der Waals surface area contributed by atoms with Gasteiger partial charge in [0.1, 0.15) is 6.10 Å². The van der Waals surface area contributed by atoms with E-state index < -0.39 is 41.3 Å². The smallest absolute Gasteiger partial charge is 0.333 e. The van der Waals surface area contributed by atoms with E-state index in [1.54, 1.807) is 0 Å². The maximum atomic E-state index is 11.5. The van der Waals surface area contributed by atoms with E-state index in [1.807, 2.05) is 0 Å². The van der Waals surface area contributed by atoms with Crippen molar-refractivity contribution >= 4 is 17.5 Å². The summed E-state index contributed by atoms with van der Waals surface area (Å²) in [6.45, 7) is 1.96. The molecule has 0 fully saturated rings. The fraction of sp³-hybridized carbons (Fsp3) is 0.583. The highest BCUT2D eigenvalue weighted by atomic mass is 16.5. The highest BCUT2D eigenvalue weighted by Crippen LogP contribution is 2.36. The molecule has 0 bridgehead atoms. The summed E-state index contributed by atoms with van der Waals surface area (Å²) in [7, 11) is 1.08.